The van der Waals surface area contributed by atoms with Gasteiger partial charge in [-0.25, -0.2) is 0 Å². The molecule has 0 atom stereocenters. The van der Waals surface area contributed by atoms with Gasteiger partial charge in [0.2, 0.25) is 0 Å². The first-order valence-electron chi connectivity index (χ1n) is 10.3. The molecule has 0 aliphatic carbocycles. The Bertz CT molecular complexity index is 766. The molecule has 28 heavy (non-hydrogen) atoms. The number of carbonyl (C=O) groups excluding carboxylic acids is 1. The SMILES string of the molecule is O=C(NC1CCN(Cc2ccccc2)CC1)c1cccc(N2CCOCC2)c1. The lowest BCUT2D eigenvalue weighted by Gasteiger charge is -2.32. The zero-order valence-electron chi connectivity index (χ0n) is 16.3. The summed E-state index contributed by atoms with van der Waals surface area (Å²) in [7, 11) is 0. The number of morpholine rings is 1. The Balaban J connectivity index is 1.28. The van der Waals surface area contributed by atoms with Crippen LogP contribution in [-0.4, -0.2) is 56.2 Å². The van der Waals surface area contributed by atoms with Crippen molar-refractivity contribution >= 4 is 11.6 Å². The van der Waals surface area contributed by atoms with E-state index in [1.807, 2.05) is 18.2 Å². The number of likely N-dealkylation sites (tertiary alicyclic amines) is 1. The summed E-state index contributed by atoms with van der Waals surface area (Å²) in [6.07, 6.45) is 2.00. The van der Waals surface area contributed by atoms with Gasteiger partial charge in [-0.3, -0.25) is 9.69 Å². The fourth-order valence-corrected chi connectivity index (χ4v) is 4.01. The predicted octanol–water partition coefficient (Wildman–Crippen LogP) is 2.92. The molecular formula is C23H29N3O2. The normalized spacial score (nSPS) is 18.8. The molecule has 5 nitrogen and oxygen atoms in total. The predicted molar refractivity (Wildman–Crippen MR) is 112 cm³/mol. The van der Waals surface area contributed by atoms with Crippen molar-refractivity contribution in [1.29, 1.82) is 0 Å². The number of nitrogens with zero attached hydrogens (tertiary/aromatic N) is 2. The first-order chi connectivity index (χ1) is 13.8. The molecule has 2 aromatic carbocycles. The lowest BCUT2D eigenvalue weighted by atomic mass is 10.0. The average molecular weight is 380 g/mol. The molecule has 2 aliphatic heterocycles. The van der Waals surface area contributed by atoms with Crippen molar-refractivity contribution in [3.8, 4) is 0 Å². The van der Waals surface area contributed by atoms with Crippen molar-refractivity contribution in [3.63, 3.8) is 0 Å². The third-order valence-corrected chi connectivity index (χ3v) is 5.66. The quantitative estimate of drug-likeness (QED) is 0.868. The standard InChI is InChI=1S/C23H29N3O2/c27-23(20-7-4-8-22(17-20)26-13-15-28-16-14-26)24-21-9-11-25(12-10-21)18-19-5-2-1-3-6-19/h1-8,17,21H,9-16,18H2,(H,24,27). The second kappa shape index (κ2) is 9.22. The van der Waals surface area contributed by atoms with Crippen molar-refractivity contribution in [1.82, 2.24) is 10.2 Å². The summed E-state index contributed by atoms with van der Waals surface area (Å²) in [5.41, 5.74) is 3.20. The topological polar surface area (TPSA) is 44.8 Å². The second-order valence-corrected chi connectivity index (χ2v) is 7.66. The highest BCUT2D eigenvalue weighted by atomic mass is 16.5. The van der Waals surface area contributed by atoms with Gasteiger partial charge in [-0.2, -0.15) is 0 Å². The Morgan fingerprint density at radius 1 is 0.964 bits per heavy atom. The molecule has 5 heteroatoms. The highest BCUT2D eigenvalue weighted by molar-refractivity contribution is 5.95. The Morgan fingerprint density at radius 3 is 2.46 bits per heavy atom. The molecule has 2 aliphatic rings. The molecule has 2 aromatic rings. The van der Waals surface area contributed by atoms with Gasteiger partial charge in [0, 0.05) is 50.0 Å². The molecule has 1 amide bonds. The van der Waals surface area contributed by atoms with Crippen molar-refractivity contribution in [2.45, 2.75) is 25.4 Å². The maximum atomic E-state index is 12.8. The summed E-state index contributed by atoms with van der Waals surface area (Å²) in [6.45, 7) is 6.29. The van der Waals surface area contributed by atoms with Gasteiger partial charge in [0.05, 0.1) is 13.2 Å². The molecule has 0 bridgehead atoms. The van der Waals surface area contributed by atoms with Gasteiger partial charge in [-0.15, -0.1) is 0 Å². The van der Waals surface area contributed by atoms with Crippen molar-refractivity contribution in [3.05, 3.63) is 65.7 Å². The number of anilines is 1. The number of hydrogen-bond acceptors (Lipinski definition) is 4. The van der Waals surface area contributed by atoms with E-state index in [0.29, 0.717) is 0 Å². The van der Waals surface area contributed by atoms with Crippen LogP contribution in [0, 0.1) is 0 Å². The molecule has 4 rings (SSSR count). The van der Waals surface area contributed by atoms with Crippen LogP contribution < -0.4 is 10.2 Å². The summed E-state index contributed by atoms with van der Waals surface area (Å²) < 4.78 is 5.42. The highest BCUT2D eigenvalue weighted by Crippen LogP contribution is 2.19. The van der Waals surface area contributed by atoms with Gasteiger partial charge in [0.25, 0.3) is 5.91 Å². The van der Waals surface area contributed by atoms with E-state index in [1.54, 1.807) is 0 Å². The van der Waals surface area contributed by atoms with Crippen LogP contribution in [0.25, 0.3) is 0 Å². The zero-order chi connectivity index (χ0) is 19.2. The minimum atomic E-state index is 0.0385. The Labute approximate surface area is 167 Å². The maximum Gasteiger partial charge on any atom is 0.251 e. The summed E-state index contributed by atoms with van der Waals surface area (Å²) in [5, 5.41) is 3.24. The molecule has 1 N–H and O–H groups in total. The van der Waals surface area contributed by atoms with Crippen LogP contribution in [0.2, 0.25) is 0 Å². The van der Waals surface area contributed by atoms with Crippen LogP contribution in [0.3, 0.4) is 0 Å². The Hall–Kier alpha value is -2.37. The zero-order valence-corrected chi connectivity index (χ0v) is 16.3. The molecule has 0 spiro atoms. The molecule has 0 unspecified atom stereocenters. The van der Waals surface area contributed by atoms with E-state index in [4.69, 9.17) is 4.74 Å². The first kappa shape index (κ1) is 19.0. The summed E-state index contributed by atoms with van der Waals surface area (Å²) in [6, 6.07) is 18.8. The second-order valence-electron chi connectivity index (χ2n) is 7.66. The highest BCUT2D eigenvalue weighted by Gasteiger charge is 2.21. The van der Waals surface area contributed by atoms with Crippen LogP contribution in [0.4, 0.5) is 5.69 Å². The third-order valence-electron chi connectivity index (χ3n) is 5.66. The number of benzene rings is 2. The molecule has 0 radical (unpaired) electrons. The molecule has 0 saturated carbocycles. The minimum absolute atomic E-state index is 0.0385. The fourth-order valence-electron chi connectivity index (χ4n) is 4.01. The minimum Gasteiger partial charge on any atom is -0.378 e. The van der Waals surface area contributed by atoms with E-state index in [2.05, 4.69) is 51.5 Å². The van der Waals surface area contributed by atoms with Crippen LogP contribution in [0.15, 0.2) is 54.6 Å². The van der Waals surface area contributed by atoms with Crippen LogP contribution in [0.1, 0.15) is 28.8 Å². The van der Waals surface area contributed by atoms with Gasteiger partial charge < -0.3 is 15.0 Å². The average Bonchev–Trinajstić information content (AvgIpc) is 2.76. The number of ether oxygens (including phenoxy) is 1. The van der Waals surface area contributed by atoms with Gasteiger partial charge in [0.1, 0.15) is 0 Å². The van der Waals surface area contributed by atoms with Gasteiger partial charge in [-0.05, 0) is 36.6 Å². The van der Waals surface area contributed by atoms with Gasteiger partial charge in [0.15, 0.2) is 0 Å². The third kappa shape index (κ3) is 4.91. The lowest BCUT2D eigenvalue weighted by molar-refractivity contribution is 0.0909. The number of piperidine rings is 1. The van der Waals surface area contributed by atoms with E-state index < -0.39 is 0 Å². The Kier molecular flexibility index (Phi) is 6.24. The number of amides is 1. The summed E-state index contributed by atoms with van der Waals surface area (Å²) >= 11 is 0. The van der Waals surface area contributed by atoms with Gasteiger partial charge in [-0.1, -0.05) is 36.4 Å². The Morgan fingerprint density at radius 2 is 1.71 bits per heavy atom. The summed E-state index contributed by atoms with van der Waals surface area (Å²) in [4.78, 5) is 17.5. The summed E-state index contributed by atoms with van der Waals surface area (Å²) in [5.74, 6) is 0.0385. The smallest absolute Gasteiger partial charge is 0.251 e. The van der Waals surface area contributed by atoms with E-state index in [1.165, 1.54) is 5.56 Å². The van der Waals surface area contributed by atoms with Gasteiger partial charge >= 0.3 is 0 Å². The van der Waals surface area contributed by atoms with Crippen molar-refractivity contribution < 1.29 is 9.53 Å². The van der Waals surface area contributed by atoms with Crippen LogP contribution in [-0.2, 0) is 11.3 Å². The van der Waals surface area contributed by atoms with Crippen molar-refractivity contribution in [2.75, 3.05) is 44.3 Å². The number of nitrogens with one attached hydrogen (secondary N) is 1. The van der Waals surface area contributed by atoms with E-state index in [0.717, 1.165) is 70.0 Å². The van der Waals surface area contributed by atoms with Crippen LogP contribution >= 0.6 is 0 Å². The number of rotatable bonds is 5. The maximum absolute atomic E-state index is 12.8. The van der Waals surface area contributed by atoms with E-state index in [9.17, 15) is 4.79 Å². The molecule has 2 fully saturated rings. The molecule has 2 saturated heterocycles. The molecule has 2 heterocycles. The van der Waals surface area contributed by atoms with Crippen LogP contribution in [0.5, 0.6) is 0 Å². The fraction of sp³-hybridized carbons (Fsp3) is 0.435. The molecule has 148 valence electrons. The molecule has 0 aromatic heterocycles. The number of hydrogen-bond donors (Lipinski definition) is 1. The lowest BCUT2D eigenvalue weighted by Crippen LogP contribution is -2.44. The van der Waals surface area contributed by atoms with Crippen molar-refractivity contribution in [2.24, 2.45) is 0 Å². The largest absolute Gasteiger partial charge is 0.378 e. The molecular weight excluding hydrogens is 350 g/mol. The number of carbonyl (C=O) groups is 1. The van der Waals surface area contributed by atoms with E-state index >= 15 is 0 Å². The monoisotopic (exact) mass is 379 g/mol. The van der Waals surface area contributed by atoms with E-state index in [-0.39, 0.29) is 11.9 Å². The first-order valence-corrected chi connectivity index (χ1v) is 10.3.